The number of halogens is 4. The number of amides is 1. The molecule has 0 heterocycles. The van der Waals surface area contributed by atoms with Crippen LogP contribution in [0.2, 0.25) is 0 Å². The Bertz CT molecular complexity index is 243. The van der Waals surface area contributed by atoms with Gasteiger partial charge in [0.15, 0.2) is 0 Å². The van der Waals surface area contributed by atoms with Crippen molar-refractivity contribution in [2.24, 2.45) is 11.1 Å². The Morgan fingerprint density at radius 3 is 2.00 bits per heavy atom. The molecule has 2 atom stereocenters. The molecule has 6 heteroatoms. The molecule has 0 bridgehead atoms. The number of alkyl halides is 4. The zero-order valence-corrected chi connectivity index (χ0v) is 6.96. The van der Waals surface area contributed by atoms with Gasteiger partial charge < -0.3 is 5.73 Å². The van der Waals surface area contributed by atoms with E-state index in [1.807, 2.05) is 0 Å². The van der Waals surface area contributed by atoms with Crippen molar-refractivity contribution in [2.45, 2.75) is 24.4 Å². The highest BCUT2D eigenvalue weighted by molar-refractivity contribution is 6.26. The maximum absolute atomic E-state index is 13.0. The van der Waals surface area contributed by atoms with Gasteiger partial charge in [-0.25, -0.2) is 13.2 Å². The van der Waals surface area contributed by atoms with Crippen LogP contribution in [0.5, 0.6) is 0 Å². The molecule has 1 fully saturated rings. The van der Waals surface area contributed by atoms with E-state index < -0.39 is 28.8 Å². The SMILES string of the molecule is CC1(C(N)=O)CC(F)(F)C1(F)Cl. The molecule has 2 unspecified atom stereocenters. The molecule has 0 aromatic heterocycles. The topological polar surface area (TPSA) is 43.1 Å². The first-order valence-corrected chi connectivity index (χ1v) is 3.58. The minimum absolute atomic E-state index is 0.935. The van der Waals surface area contributed by atoms with Crippen molar-refractivity contribution in [3.8, 4) is 0 Å². The molecule has 0 radical (unpaired) electrons. The number of hydrogen-bond donors (Lipinski definition) is 1. The van der Waals surface area contributed by atoms with E-state index in [1.165, 1.54) is 0 Å². The highest BCUT2D eigenvalue weighted by Gasteiger charge is 2.78. The lowest BCUT2D eigenvalue weighted by atomic mass is 9.64. The van der Waals surface area contributed by atoms with E-state index in [0.717, 1.165) is 6.92 Å². The minimum Gasteiger partial charge on any atom is -0.369 e. The average molecular weight is 202 g/mol. The summed E-state index contributed by atoms with van der Waals surface area (Å²) in [5, 5.41) is -3.34. The summed E-state index contributed by atoms with van der Waals surface area (Å²) in [7, 11) is 0. The van der Waals surface area contributed by atoms with E-state index in [1.54, 1.807) is 0 Å². The fourth-order valence-electron chi connectivity index (χ4n) is 1.20. The van der Waals surface area contributed by atoms with E-state index in [4.69, 9.17) is 17.3 Å². The Balaban J connectivity index is 2.99. The highest BCUT2D eigenvalue weighted by Crippen LogP contribution is 2.64. The van der Waals surface area contributed by atoms with Crippen LogP contribution in [0.4, 0.5) is 13.2 Å². The minimum atomic E-state index is -3.67. The van der Waals surface area contributed by atoms with E-state index in [9.17, 15) is 18.0 Å². The number of primary amides is 1. The van der Waals surface area contributed by atoms with Gasteiger partial charge in [0.05, 0.1) is 0 Å². The van der Waals surface area contributed by atoms with Gasteiger partial charge in [0, 0.05) is 6.42 Å². The molecule has 1 amide bonds. The number of carbonyl (C=O) groups excluding carboxylic acids is 1. The largest absolute Gasteiger partial charge is 0.369 e. The second kappa shape index (κ2) is 2.07. The lowest BCUT2D eigenvalue weighted by molar-refractivity contribution is -0.242. The Morgan fingerprint density at radius 1 is 1.50 bits per heavy atom. The number of nitrogens with two attached hydrogens (primary N) is 1. The standard InChI is InChI=1S/C6H7ClF3NO/c1-4(3(11)12)2-5(8,9)6(4,7)10/h2H2,1H3,(H2,11,12). The van der Waals surface area contributed by atoms with E-state index in [0.29, 0.717) is 0 Å². The lowest BCUT2D eigenvalue weighted by Gasteiger charge is -2.51. The molecule has 0 spiro atoms. The predicted octanol–water partition coefficient (Wildman–Crippen LogP) is 1.42. The molecule has 1 aliphatic carbocycles. The molecule has 70 valence electrons. The van der Waals surface area contributed by atoms with Crippen LogP contribution in [0.25, 0.3) is 0 Å². The fraction of sp³-hybridized carbons (Fsp3) is 0.833. The van der Waals surface area contributed by atoms with E-state index in [2.05, 4.69) is 0 Å². The molecule has 0 aromatic carbocycles. The first-order chi connectivity index (χ1) is 5.15. The van der Waals surface area contributed by atoms with Crippen molar-refractivity contribution >= 4 is 17.5 Å². The van der Waals surface area contributed by atoms with Gasteiger partial charge in [-0.3, -0.25) is 4.79 Å². The molecule has 0 aromatic rings. The monoisotopic (exact) mass is 201 g/mol. The smallest absolute Gasteiger partial charge is 0.297 e. The molecule has 2 nitrogen and oxygen atoms in total. The molecule has 2 N–H and O–H groups in total. The first-order valence-electron chi connectivity index (χ1n) is 3.21. The summed E-state index contributed by atoms with van der Waals surface area (Å²) in [4.78, 5) is 10.6. The molecule has 1 saturated carbocycles. The Kier molecular flexibility index (Phi) is 1.66. The van der Waals surface area contributed by atoms with E-state index >= 15 is 0 Å². The average Bonchev–Trinajstić information content (AvgIpc) is 1.85. The normalized spacial score (nSPS) is 45.1. The van der Waals surface area contributed by atoms with Crippen LogP contribution >= 0.6 is 11.6 Å². The second-order valence-electron chi connectivity index (χ2n) is 3.15. The van der Waals surface area contributed by atoms with Crippen LogP contribution < -0.4 is 5.73 Å². The maximum atomic E-state index is 13.0. The zero-order valence-electron chi connectivity index (χ0n) is 6.20. The van der Waals surface area contributed by atoms with Crippen molar-refractivity contribution in [3.63, 3.8) is 0 Å². The van der Waals surface area contributed by atoms with Gasteiger partial charge in [0.25, 0.3) is 11.1 Å². The van der Waals surface area contributed by atoms with Gasteiger partial charge in [-0.1, -0.05) is 11.6 Å². The van der Waals surface area contributed by atoms with Gasteiger partial charge in [0.2, 0.25) is 5.91 Å². The van der Waals surface area contributed by atoms with Crippen LogP contribution in [0.15, 0.2) is 0 Å². The molecular formula is C6H7ClF3NO. The van der Waals surface area contributed by atoms with Crippen LogP contribution in [0.1, 0.15) is 13.3 Å². The first kappa shape index (κ1) is 9.64. The third-order valence-corrected chi connectivity index (χ3v) is 2.97. The van der Waals surface area contributed by atoms with Crippen LogP contribution in [-0.2, 0) is 4.79 Å². The molecule has 0 saturated heterocycles. The second-order valence-corrected chi connectivity index (χ2v) is 3.67. The maximum Gasteiger partial charge on any atom is 0.297 e. The summed E-state index contributed by atoms with van der Waals surface area (Å²) in [6.45, 7) is 0.986. The summed E-state index contributed by atoms with van der Waals surface area (Å²) in [5.41, 5.74) is 2.77. The summed E-state index contributed by atoms with van der Waals surface area (Å²) >= 11 is 4.88. The van der Waals surface area contributed by atoms with Gasteiger partial charge in [-0.15, -0.1) is 0 Å². The van der Waals surface area contributed by atoms with Gasteiger partial charge >= 0.3 is 0 Å². The van der Waals surface area contributed by atoms with Crippen molar-refractivity contribution in [1.29, 1.82) is 0 Å². The zero-order chi connectivity index (χ0) is 9.78. The van der Waals surface area contributed by atoms with Crippen LogP contribution in [-0.4, -0.2) is 17.0 Å². The van der Waals surface area contributed by atoms with Crippen LogP contribution in [0.3, 0.4) is 0 Å². The lowest BCUT2D eigenvalue weighted by Crippen LogP contribution is -2.69. The molecule has 1 rings (SSSR count). The number of carbonyl (C=O) groups is 1. The quantitative estimate of drug-likeness (QED) is 0.641. The van der Waals surface area contributed by atoms with Crippen LogP contribution in [0, 0.1) is 5.41 Å². The van der Waals surface area contributed by atoms with Gasteiger partial charge in [-0.2, -0.15) is 0 Å². The number of rotatable bonds is 1. The van der Waals surface area contributed by atoms with Gasteiger partial charge in [0.1, 0.15) is 5.41 Å². The Hall–Kier alpha value is -0.450. The molecule has 0 aliphatic heterocycles. The number of hydrogen-bond acceptors (Lipinski definition) is 1. The van der Waals surface area contributed by atoms with Gasteiger partial charge in [-0.05, 0) is 6.92 Å². The summed E-state index contributed by atoms with van der Waals surface area (Å²) in [5.74, 6) is -4.82. The third-order valence-electron chi connectivity index (χ3n) is 2.27. The molecule has 1 aliphatic rings. The summed E-state index contributed by atoms with van der Waals surface area (Å²) < 4.78 is 37.9. The van der Waals surface area contributed by atoms with Crippen molar-refractivity contribution < 1.29 is 18.0 Å². The molecular weight excluding hydrogens is 195 g/mol. The van der Waals surface area contributed by atoms with Crippen molar-refractivity contribution in [1.82, 2.24) is 0 Å². The molecule has 12 heavy (non-hydrogen) atoms. The van der Waals surface area contributed by atoms with E-state index in [-0.39, 0.29) is 0 Å². The Labute approximate surface area is 71.9 Å². The Morgan fingerprint density at radius 2 is 1.92 bits per heavy atom. The summed E-state index contributed by atoms with van der Waals surface area (Å²) in [6, 6.07) is 0. The third kappa shape index (κ3) is 0.800. The van der Waals surface area contributed by atoms with Crippen molar-refractivity contribution in [2.75, 3.05) is 0 Å². The predicted molar refractivity (Wildman–Crippen MR) is 36.6 cm³/mol. The van der Waals surface area contributed by atoms with Crippen molar-refractivity contribution in [3.05, 3.63) is 0 Å². The summed E-state index contributed by atoms with van der Waals surface area (Å²) in [6.07, 6.45) is -0.935. The highest BCUT2D eigenvalue weighted by atomic mass is 35.5. The fourth-order valence-corrected chi connectivity index (χ4v) is 1.43.